The third-order valence-electron chi connectivity index (χ3n) is 16.9. The molecule has 2 N–H and O–H groups in total. The number of carbonyl (C=O) groups is 2. The molecule has 10 aliphatic rings. The Morgan fingerprint density at radius 1 is 0.554 bits per heavy atom. The molecule has 3 unspecified atom stereocenters. The molecule has 16 atom stereocenters. The Hall–Kier alpha value is -3.02. The zero-order valence-corrected chi connectivity index (χ0v) is 39.1. The lowest BCUT2D eigenvalue weighted by molar-refractivity contribution is -0.577. The fraction of sp³-hybridized carbons (Fsp3) is 0.725. The summed E-state index contributed by atoms with van der Waals surface area (Å²) in [6.45, 7) is 14.7. The van der Waals surface area contributed by atoms with E-state index in [9.17, 15) is 9.59 Å². The Morgan fingerprint density at radius 2 is 0.969 bits per heavy atom. The van der Waals surface area contributed by atoms with Gasteiger partial charge in [-0.25, -0.2) is 19.6 Å². The van der Waals surface area contributed by atoms with E-state index in [0.29, 0.717) is 61.1 Å². The summed E-state index contributed by atoms with van der Waals surface area (Å²) in [6.07, 6.45) is 8.34. The van der Waals surface area contributed by atoms with Gasteiger partial charge in [0.15, 0.2) is 36.4 Å². The second-order valence-corrected chi connectivity index (χ2v) is 21.1. The zero-order chi connectivity index (χ0) is 45.1. The normalized spacial score (nSPS) is 42.6. The van der Waals surface area contributed by atoms with E-state index in [1.165, 1.54) is 0 Å². The maximum absolute atomic E-state index is 12.9. The van der Waals surface area contributed by atoms with Crippen molar-refractivity contribution in [3.8, 4) is 0 Å². The number of nitrogens with one attached hydrogen (secondary N) is 2. The van der Waals surface area contributed by atoms with Crippen LogP contribution in [0.5, 0.6) is 0 Å². The Kier molecular flexibility index (Phi) is 12.8. The molecule has 2 amide bonds. The fourth-order valence-electron chi connectivity index (χ4n) is 13.0. The molecule has 2 aromatic carbocycles. The summed E-state index contributed by atoms with van der Waals surface area (Å²) in [4.78, 5) is 50.3. The van der Waals surface area contributed by atoms with Crippen LogP contribution < -0.4 is 10.6 Å². The third-order valence-corrected chi connectivity index (χ3v) is 16.9. The van der Waals surface area contributed by atoms with Crippen molar-refractivity contribution in [1.82, 2.24) is 10.6 Å². The van der Waals surface area contributed by atoms with Crippen molar-refractivity contribution in [2.75, 3.05) is 13.1 Å². The van der Waals surface area contributed by atoms with Gasteiger partial charge < -0.3 is 39.1 Å². The van der Waals surface area contributed by atoms with Gasteiger partial charge >= 0.3 is 0 Å². The summed E-state index contributed by atoms with van der Waals surface area (Å²) in [7, 11) is 0. The summed E-state index contributed by atoms with van der Waals surface area (Å²) >= 11 is 0. The fourth-order valence-corrected chi connectivity index (χ4v) is 13.0. The smallest absolute Gasteiger partial charge is 0.251 e. The van der Waals surface area contributed by atoms with E-state index >= 15 is 0 Å². The zero-order valence-electron chi connectivity index (χ0n) is 39.1. The largest absolute Gasteiger partial charge is 0.352 e. The Balaban J connectivity index is 0.619. The number of rotatable bonds is 14. The number of ether oxygens (including phenoxy) is 6. The van der Waals surface area contributed by atoms with Gasteiger partial charge in [-0.15, -0.1) is 0 Å². The molecule has 0 radical (unpaired) electrons. The van der Waals surface area contributed by atoms with Crippen molar-refractivity contribution in [3.63, 3.8) is 0 Å². The van der Waals surface area contributed by atoms with Gasteiger partial charge in [0.25, 0.3) is 11.8 Å². The molecular weight excluding hydrogens is 833 g/mol. The van der Waals surface area contributed by atoms with Crippen LogP contribution in [0.15, 0.2) is 48.5 Å². The Morgan fingerprint density at radius 3 is 1.38 bits per heavy atom. The predicted octanol–water partition coefficient (Wildman–Crippen LogP) is 8.47. The molecule has 0 aromatic heterocycles. The van der Waals surface area contributed by atoms with E-state index < -0.39 is 47.9 Å². The molecule has 8 saturated heterocycles. The maximum Gasteiger partial charge on any atom is 0.251 e. The Bertz CT molecular complexity index is 1880. The molecule has 8 aliphatic heterocycles. The van der Waals surface area contributed by atoms with Gasteiger partial charge in [0.2, 0.25) is 11.6 Å². The van der Waals surface area contributed by atoms with Gasteiger partial charge in [0.05, 0.1) is 13.2 Å². The highest BCUT2D eigenvalue weighted by Gasteiger charge is 2.71. The van der Waals surface area contributed by atoms with Gasteiger partial charge in [-0.05, 0) is 131 Å². The van der Waals surface area contributed by atoms with E-state index in [1.807, 2.05) is 62.4 Å². The average molecular weight is 903 g/mol. The average Bonchev–Trinajstić information content (AvgIpc) is 3.68. The van der Waals surface area contributed by atoms with E-state index in [1.54, 1.807) is 0 Å². The van der Waals surface area contributed by atoms with E-state index in [-0.39, 0.29) is 35.5 Å². The molecule has 14 nitrogen and oxygen atoms in total. The minimum absolute atomic E-state index is 0.0935. The molecule has 10 fully saturated rings. The van der Waals surface area contributed by atoms with Crippen LogP contribution in [-0.4, -0.2) is 72.8 Å². The standard InChI is InChI=1S/C51H70N2O12/c1-30-10-20-40-32(3)44(58-46-50(40)38(30)22-24-48(5,60-46)62-64-50)56-28-34-12-16-36(17-13-34)42(54)52-26-8-7-9-27-53-43(55)37-18-14-35(15-19-37)29-57-45-33(4)41-21-11-31(2)39-23-25-49(6)61-47(59-45)51(39,41)65-63-49/h12-19,30-33,38-41,44-47H,7-11,20-29H2,1-6H3,(H,52,54)(H,53,55)/t30-,31-,32-,33+,38?,39+,40?,41-,44+,45+,46?,47+,48+,49-,50-,51-/m1/s1. The second kappa shape index (κ2) is 18.1. The maximum atomic E-state index is 12.9. The topological polar surface area (TPSA) is 150 Å². The Labute approximate surface area is 383 Å². The third kappa shape index (κ3) is 8.39. The molecular formula is C51H70N2O12. The highest BCUT2D eigenvalue weighted by molar-refractivity contribution is 5.94. The van der Waals surface area contributed by atoms with Crippen LogP contribution in [0.1, 0.15) is 144 Å². The number of unbranched alkanes of at least 4 members (excludes halogenated alkanes) is 2. The van der Waals surface area contributed by atoms with Crippen LogP contribution in [-0.2, 0) is 61.2 Å². The molecule has 2 spiro atoms. The molecule has 4 bridgehead atoms. The minimum atomic E-state index is -0.823. The van der Waals surface area contributed by atoms with Gasteiger partial charge in [-0.1, -0.05) is 52.0 Å². The van der Waals surface area contributed by atoms with Gasteiger partial charge in [0, 0.05) is 60.7 Å². The molecule has 2 aromatic rings. The van der Waals surface area contributed by atoms with Crippen LogP contribution in [0.25, 0.3) is 0 Å². The van der Waals surface area contributed by atoms with Gasteiger partial charge in [-0.2, -0.15) is 0 Å². The highest BCUT2D eigenvalue weighted by atomic mass is 17.3. The van der Waals surface area contributed by atoms with Gasteiger partial charge in [0.1, 0.15) is 0 Å². The summed E-state index contributed by atoms with van der Waals surface area (Å²) in [5.74, 6) is 0.340. The lowest BCUT2D eigenvalue weighted by atomic mass is 9.58. The molecule has 8 heterocycles. The summed E-state index contributed by atoms with van der Waals surface area (Å²) in [5, 5.41) is 6.06. The van der Waals surface area contributed by atoms with E-state index in [2.05, 4.69) is 38.3 Å². The number of carbonyl (C=O) groups excluding carboxylic acids is 2. The monoisotopic (exact) mass is 902 g/mol. The summed E-state index contributed by atoms with van der Waals surface area (Å²) in [6, 6.07) is 15.1. The number of amides is 2. The quantitative estimate of drug-likeness (QED) is 0.138. The van der Waals surface area contributed by atoms with Crippen LogP contribution in [0.4, 0.5) is 0 Å². The molecule has 14 heteroatoms. The summed E-state index contributed by atoms with van der Waals surface area (Å²) in [5.41, 5.74) is 1.89. The molecule has 356 valence electrons. The highest BCUT2D eigenvalue weighted by Crippen LogP contribution is 2.62. The summed E-state index contributed by atoms with van der Waals surface area (Å²) < 4.78 is 38.9. The van der Waals surface area contributed by atoms with Crippen LogP contribution >= 0.6 is 0 Å². The van der Waals surface area contributed by atoms with Crippen LogP contribution in [0, 0.1) is 47.3 Å². The minimum Gasteiger partial charge on any atom is -0.352 e. The van der Waals surface area contributed by atoms with Crippen molar-refractivity contribution < 1.29 is 57.6 Å². The molecule has 2 saturated carbocycles. The first-order valence-corrected chi connectivity index (χ1v) is 24.7. The molecule has 12 rings (SSSR count). The van der Waals surface area contributed by atoms with Crippen molar-refractivity contribution >= 4 is 11.8 Å². The first kappa shape index (κ1) is 45.7. The van der Waals surface area contributed by atoms with Crippen molar-refractivity contribution in [1.29, 1.82) is 0 Å². The first-order valence-electron chi connectivity index (χ1n) is 24.7. The second-order valence-electron chi connectivity index (χ2n) is 21.1. The van der Waals surface area contributed by atoms with Crippen LogP contribution in [0.2, 0.25) is 0 Å². The SMILES string of the molecule is C[C@@H]1[C@@H](OCc2ccc(C(=O)NCCCCCNC(=O)c3ccc(CO[C@H]4OC5O[C@]6(C)CCC7[C@H](C)CCC([C@H]4C)[C@@]57OO6)cc3)cc2)O[C@H]2O[C@@]3(C)CC[C@H]4[C@H](C)CC[C@H]1[C@@]24OO3. The van der Waals surface area contributed by atoms with Crippen LogP contribution in [0.3, 0.4) is 0 Å². The molecule has 2 aliphatic carbocycles. The number of hydrogen-bond donors (Lipinski definition) is 2. The molecule has 65 heavy (non-hydrogen) atoms. The number of benzene rings is 2. The number of hydrogen-bond acceptors (Lipinski definition) is 12. The van der Waals surface area contributed by atoms with Crippen molar-refractivity contribution in [2.24, 2.45) is 47.3 Å². The van der Waals surface area contributed by atoms with Crippen molar-refractivity contribution in [3.05, 3.63) is 70.8 Å². The number of fused-ring (bicyclic) bond motifs is 4. The lowest BCUT2D eigenvalue weighted by Crippen LogP contribution is -2.70. The lowest BCUT2D eigenvalue weighted by Gasteiger charge is -2.60. The first-order chi connectivity index (χ1) is 31.3. The van der Waals surface area contributed by atoms with Gasteiger partial charge in [-0.3, -0.25) is 9.59 Å². The van der Waals surface area contributed by atoms with E-state index in [4.69, 9.17) is 48.0 Å². The van der Waals surface area contributed by atoms with E-state index in [0.717, 1.165) is 81.8 Å². The predicted molar refractivity (Wildman–Crippen MR) is 235 cm³/mol. The van der Waals surface area contributed by atoms with Crippen molar-refractivity contribution in [2.45, 2.75) is 173 Å².